The van der Waals surface area contributed by atoms with Crippen LogP contribution in [0.1, 0.15) is 84.1 Å². The van der Waals surface area contributed by atoms with Crippen LogP contribution >= 0.6 is 0 Å². The van der Waals surface area contributed by atoms with Crippen LogP contribution in [0.3, 0.4) is 0 Å². The lowest BCUT2D eigenvalue weighted by molar-refractivity contribution is -0.129. The van der Waals surface area contributed by atoms with Crippen molar-refractivity contribution in [3.8, 4) is 5.75 Å². The number of hydrogen-bond acceptors (Lipinski definition) is 5. The Kier molecular flexibility index (Phi) is 21.0. The predicted molar refractivity (Wildman–Crippen MR) is 176 cm³/mol. The highest BCUT2D eigenvalue weighted by Crippen LogP contribution is 2.22. The van der Waals surface area contributed by atoms with Crippen LogP contribution in [0.5, 0.6) is 5.75 Å². The highest BCUT2D eigenvalue weighted by Gasteiger charge is 2.22. The molecule has 7 heteroatoms. The normalized spacial score (nSPS) is 12.9. The average molecular weight is 591 g/mol. The summed E-state index contributed by atoms with van der Waals surface area (Å²) in [4.78, 5) is 36.0. The van der Waals surface area contributed by atoms with Crippen molar-refractivity contribution < 1.29 is 24.2 Å². The summed E-state index contributed by atoms with van der Waals surface area (Å²) in [5, 5.41) is 15.5. The largest absolute Gasteiger partial charge is 0.508 e. The number of hydrogen-bond donors (Lipinski definition) is 3. The van der Waals surface area contributed by atoms with E-state index in [2.05, 4.69) is 78.3 Å². The molecule has 1 atom stereocenters. The zero-order valence-corrected chi connectivity index (χ0v) is 26.0. The Bertz CT molecular complexity index is 1130. The van der Waals surface area contributed by atoms with E-state index in [1.54, 1.807) is 6.07 Å². The van der Waals surface area contributed by atoms with Crippen molar-refractivity contribution >= 4 is 24.0 Å². The van der Waals surface area contributed by atoms with Crippen LogP contribution in [-0.4, -0.2) is 29.4 Å². The molecule has 0 aliphatic carbocycles. The third-order valence-corrected chi connectivity index (χ3v) is 6.15. The molecule has 0 bridgehead atoms. The number of allylic oxidation sites excluding steroid dienone is 12. The fourth-order valence-corrected chi connectivity index (χ4v) is 3.96. The number of benzene rings is 1. The van der Waals surface area contributed by atoms with Crippen molar-refractivity contribution in [3.63, 3.8) is 0 Å². The second kappa shape index (κ2) is 24.5. The zero-order chi connectivity index (χ0) is 31.5. The lowest BCUT2D eigenvalue weighted by atomic mass is 10.0. The molecule has 1 rings (SSSR count). The van der Waals surface area contributed by atoms with Crippen LogP contribution in [0.25, 0.3) is 0 Å². The van der Waals surface area contributed by atoms with Crippen molar-refractivity contribution in [2.45, 2.75) is 91.2 Å². The van der Waals surface area contributed by atoms with Gasteiger partial charge in [-0.1, -0.05) is 93.7 Å². The SMILES string of the molecule is CCC=CCC=CCC=CCC=CCC=CCC=CCCC(=O)NC(CC(C)C)C(=O)Nc1ccc(O)c(COC=O)c1. The Balaban J connectivity index is 2.34. The molecule has 0 aliphatic heterocycles. The minimum Gasteiger partial charge on any atom is -0.508 e. The van der Waals surface area contributed by atoms with Gasteiger partial charge in [0.25, 0.3) is 6.47 Å². The molecular formula is C36H50N2O5. The molecule has 234 valence electrons. The summed E-state index contributed by atoms with van der Waals surface area (Å²) in [6.45, 7) is 6.29. The molecule has 1 aromatic carbocycles. The number of carbonyl (C=O) groups excluding carboxylic acids is 3. The molecule has 0 aromatic heterocycles. The van der Waals surface area contributed by atoms with Gasteiger partial charge in [0.15, 0.2) is 0 Å². The van der Waals surface area contributed by atoms with Gasteiger partial charge in [-0.2, -0.15) is 0 Å². The van der Waals surface area contributed by atoms with Crippen LogP contribution in [-0.2, 0) is 25.7 Å². The van der Waals surface area contributed by atoms with Gasteiger partial charge in [-0.25, -0.2) is 0 Å². The fraction of sp³-hybridized carbons (Fsp3) is 0.417. The standard InChI is InChI=1S/C36H50N2O5/c1-4-5-6-7-8-9-10-11-12-13-14-15-16-17-18-19-20-21-22-23-35(41)38-33(26-30(2)3)36(42)37-32-24-25-34(40)31(27-32)28-43-29-39/h5-6,8-9,11-12,14-15,17-18,20-21,24-25,27,29-30,33,40H,4,7,10,13,16,19,22-23,26,28H2,1-3H3,(H,37,42)(H,38,41). The van der Waals surface area contributed by atoms with Crippen molar-refractivity contribution in [1.29, 1.82) is 0 Å². The Morgan fingerprint density at radius 2 is 1.37 bits per heavy atom. The summed E-state index contributed by atoms with van der Waals surface area (Å²) in [5.74, 6) is -0.382. The van der Waals surface area contributed by atoms with Gasteiger partial charge < -0.3 is 20.5 Å². The first kappa shape index (κ1) is 36.9. The third kappa shape index (κ3) is 19.6. The molecule has 2 amide bonds. The predicted octanol–water partition coefficient (Wildman–Crippen LogP) is 8.01. The van der Waals surface area contributed by atoms with E-state index in [1.165, 1.54) is 12.1 Å². The molecule has 0 spiro atoms. The summed E-state index contributed by atoms with van der Waals surface area (Å²) in [6.07, 6.45) is 32.8. The number of amides is 2. The van der Waals surface area contributed by atoms with Crippen LogP contribution in [0.2, 0.25) is 0 Å². The number of phenols is 1. The number of carbonyl (C=O) groups is 3. The molecule has 3 N–H and O–H groups in total. The summed E-state index contributed by atoms with van der Waals surface area (Å²) in [6, 6.07) is 3.81. The minimum absolute atomic E-state index is 0.0405. The van der Waals surface area contributed by atoms with Gasteiger partial charge in [0.05, 0.1) is 0 Å². The van der Waals surface area contributed by atoms with Crippen LogP contribution in [0, 0.1) is 5.92 Å². The Labute approximate surface area is 258 Å². The maximum absolute atomic E-state index is 12.9. The Hall–Kier alpha value is -4.13. The van der Waals surface area contributed by atoms with Gasteiger partial charge in [0.1, 0.15) is 18.4 Å². The van der Waals surface area contributed by atoms with E-state index in [4.69, 9.17) is 4.74 Å². The zero-order valence-electron chi connectivity index (χ0n) is 26.0. The molecule has 0 saturated heterocycles. The molecule has 0 fully saturated rings. The smallest absolute Gasteiger partial charge is 0.293 e. The number of phenolic OH excluding ortho intramolecular Hbond substituents is 1. The lowest BCUT2D eigenvalue weighted by Crippen LogP contribution is -2.44. The van der Waals surface area contributed by atoms with Gasteiger partial charge >= 0.3 is 0 Å². The van der Waals surface area contributed by atoms with E-state index >= 15 is 0 Å². The highest BCUT2D eigenvalue weighted by molar-refractivity contribution is 5.97. The Morgan fingerprint density at radius 3 is 1.88 bits per heavy atom. The third-order valence-electron chi connectivity index (χ3n) is 6.15. The number of rotatable bonds is 22. The van der Waals surface area contributed by atoms with E-state index in [-0.39, 0.29) is 36.5 Å². The van der Waals surface area contributed by atoms with E-state index in [0.29, 0.717) is 30.6 Å². The maximum Gasteiger partial charge on any atom is 0.293 e. The summed E-state index contributed by atoms with van der Waals surface area (Å²) < 4.78 is 4.70. The molecule has 1 aromatic rings. The molecule has 0 aliphatic rings. The van der Waals surface area contributed by atoms with Crippen LogP contribution < -0.4 is 10.6 Å². The van der Waals surface area contributed by atoms with Gasteiger partial charge in [0, 0.05) is 17.7 Å². The van der Waals surface area contributed by atoms with Crippen molar-refractivity contribution in [2.75, 3.05) is 5.32 Å². The monoisotopic (exact) mass is 590 g/mol. The van der Waals surface area contributed by atoms with Gasteiger partial charge in [-0.3, -0.25) is 14.4 Å². The van der Waals surface area contributed by atoms with Crippen molar-refractivity contribution in [3.05, 3.63) is 96.7 Å². The topological polar surface area (TPSA) is 105 Å². The molecule has 1 unspecified atom stereocenters. The minimum atomic E-state index is -0.693. The number of anilines is 1. The molecule has 43 heavy (non-hydrogen) atoms. The fourth-order valence-electron chi connectivity index (χ4n) is 3.96. The molecule has 7 nitrogen and oxygen atoms in total. The number of nitrogens with one attached hydrogen (secondary N) is 2. The van der Waals surface area contributed by atoms with Gasteiger partial charge in [0.2, 0.25) is 11.8 Å². The number of aromatic hydroxyl groups is 1. The first-order valence-electron chi connectivity index (χ1n) is 15.2. The van der Waals surface area contributed by atoms with Crippen molar-refractivity contribution in [1.82, 2.24) is 5.32 Å². The number of ether oxygens (including phenoxy) is 1. The van der Waals surface area contributed by atoms with Crippen LogP contribution in [0.4, 0.5) is 5.69 Å². The van der Waals surface area contributed by atoms with E-state index in [0.717, 1.165) is 38.5 Å². The quantitative estimate of drug-likeness (QED) is 0.0721. The first-order chi connectivity index (χ1) is 20.9. The molecule has 0 heterocycles. The van der Waals surface area contributed by atoms with E-state index < -0.39 is 6.04 Å². The molecular weight excluding hydrogens is 540 g/mol. The average Bonchev–Trinajstić information content (AvgIpc) is 2.98. The molecule has 0 radical (unpaired) electrons. The highest BCUT2D eigenvalue weighted by atomic mass is 16.5. The first-order valence-corrected chi connectivity index (χ1v) is 15.2. The van der Waals surface area contributed by atoms with Gasteiger partial charge in [-0.05, 0) is 75.5 Å². The van der Waals surface area contributed by atoms with E-state index in [9.17, 15) is 19.5 Å². The van der Waals surface area contributed by atoms with E-state index in [1.807, 2.05) is 26.0 Å². The summed E-state index contributed by atoms with van der Waals surface area (Å²) >= 11 is 0. The second-order valence-corrected chi connectivity index (χ2v) is 10.4. The Morgan fingerprint density at radius 1 is 0.837 bits per heavy atom. The molecule has 0 saturated carbocycles. The lowest BCUT2D eigenvalue weighted by Gasteiger charge is -2.20. The van der Waals surface area contributed by atoms with Crippen molar-refractivity contribution in [2.24, 2.45) is 5.92 Å². The summed E-state index contributed by atoms with van der Waals surface area (Å²) in [7, 11) is 0. The summed E-state index contributed by atoms with van der Waals surface area (Å²) in [5.41, 5.74) is 0.805. The second-order valence-electron chi connectivity index (χ2n) is 10.4. The maximum atomic E-state index is 12.9. The van der Waals surface area contributed by atoms with Gasteiger partial charge in [-0.15, -0.1) is 0 Å². The van der Waals surface area contributed by atoms with Crippen LogP contribution in [0.15, 0.2) is 91.1 Å².